The Balaban J connectivity index is 2.98. The van der Waals surface area contributed by atoms with E-state index in [0.717, 1.165) is 0 Å². The molecule has 104 valence electrons. The zero-order chi connectivity index (χ0) is 13.9. The van der Waals surface area contributed by atoms with Crippen molar-refractivity contribution in [3.8, 4) is 0 Å². The third-order valence-corrected chi connectivity index (χ3v) is 4.98. The van der Waals surface area contributed by atoms with E-state index < -0.39 is 10.0 Å². The van der Waals surface area contributed by atoms with Gasteiger partial charge in [0.2, 0.25) is 5.09 Å². The number of hydrogen-bond donors (Lipinski definition) is 1. The molecule has 0 aromatic carbocycles. The van der Waals surface area contributed by atoms with Crippen molar-refractivity contribution >= 4 is 10.0 Å². The van der Waals surface area contributed by atoms with Crippen molar-refractivity contribution in [1.29, 1.82) is 0 Å². The highest BCUT2D eigenvalue weighted by Gasteiger charge is 2.29. The van der Waals surface area contributed by atoms with E-state index in [1.165, 1.54) is 10.4 Å². The molecular formula is C12H22N2O3S. The molecule has 0 radical (unpaired) electrons. The highest BCUT2D eigenvalue weighted by atomic mass is 32.2. The summed E-state index contributed by atoms with van der Waals surface area (Å²) in [5.41, 5.74) is 0. The van der Waals surface area contributed by atoms with Gasteiger partial charge in [-0.25, -0.2) is 8.42 Å². The number of nitrogens with one attached hydrogen (secondary N) is 1. The molecule has 1 N–H and O–H groups in total. The Morgan fingerprint density at radius 1 is 1.33 bits per heavy atom. The van der Waals surface area contributed by atoms with Crippen molar-refractivity contribution in [2.24, 2.45) is 5.92 Å². The molecule has 1 aromatic heterocycles. The Kier molecular flexibility index (Phi) is 4.95. The Labute approximate surface area is 109 Å². The molecule has 0 saturated carbocycles. The predicted molar refractivity (Wildman–Crippen MR) is 70.7 cm³/mol. The first-order valence-corrected chi connectivity index (χ1v) is 7.46. The zero-order valence-corrected chi connectivity index (χ0v) is 12.4. The smallest absolute Gasteiger partial charge is 0.276 e. The summed E-state index contributed by atoms with van der Waals surface area (Å²) >= 11 is 0. The van der Waals surface area contributed by atoms with E-state index in [0.29, 0.717) is 12.3 Å². The fourth-order valence-electron chi connectivity index (χ4n) is 1.55. The molecule has 0 saturated heterocycles. The lowest BCUT2D eigenvalue weighted by Crippen LogP contribution is -2.38. The summed E-state index contributed by atoms with van der Waals surface area (Å²) in [7, 11) is -0.177. The lowest BCUT2D eigenvalue weighted by Gasteiger charge is -2.26. The highest BCUT2D eigenvalue weighted by Crippen LogP contribution is 2.21. The van der Waals surface area contributed by atoms with Crippen molar-refractivity contribution in [1.82, 2.24) is 9.62 Å². The molecule has 1 aromatic rings. The Morgan fingerprint density at radius 3 is 2.44 bits per heavy atom. The third-order valence-electron chi connectivity index (χ3n) is 3.16. The van der Waals surface area contributed by atoms with Gasteiger partial charge in [-0.15, -0.1) is 0 Å². The van der Waals surface area contributed by atoms with Crippen LogP contribution in [-0.2, 0) is 16.6 Å². The molecule has 0 amide bonds. The average Bonchev–Trinajstić information content (AvgIpc) is 2.76. The molecule has 6 heteroatoms. The van der Waals surface area contributed by atoms with Gasteiger partial charge in [0.15, 0.2) is 0 Å². The number of nitrogens with zero attached hydrogens (tertiary/aromatic N) is 1. The summed E-state index contributed by atoms with van der Waals surface area (Å²) in [6, 6.07) is 3.11. The minimum Gasteiger partial charge on any atom is -0.447 e. The van der Waals surface area contributed by atoms with Crippen LogP contribution in [0.5, 0.6) is 0 Å². The lowest BCUT2D eigenvalue weighted by atomic mass is 10.1. The minimum atomic E-state index is -3.54. The van der Waals surface area contributed by atoms with Crippen molar-refractivity contribution in [3.05, 3.63) is 17.9 Å². The van der Waals surface area contributed by atoms with Crippen LogP contribution in [-0.4, -0.2) is 32.9 Å². The third kappa shape index (κ3) is 3.13. The summed E-state index contributed by atoms with van der Waals surface area (Å²) in [5.74, 6) is 0.859. The van der Waals surface area contributed by atoms with Crippen LogP contribution >= 0.6 is 0 Å². The van der Waals surface area contributed by atoms with Gasteiger partial charge in [-0.05, 0) is 32.0 Å². The molecule has 1 atom stereocenters. The molecule has 0 aliphatic heterocycles. The first-order valence-electron chi connectivity index (χ1n) is 6.02. The van der Waals surface area contributed by atoms with Gasteiger partial charge in [-0.2, -0.15) is 4.31 Å². The average molecular weight is 274 g/mol. The van der Waals surface area contributed by atoms with Crippen molar-refractivity contribution in [2.45, 2.75) is 38.5 Å². The second-order valence-electron chi connectivity index (χ2n) is 4.76. The Morgan fingerprint density at radius 2 is 1.94 bits per heavy atom. The largest absolute Gasteiger partial charge is 0.447 e. The standard InChI is InChI=1S/C12H22N2O3S/c1-9(2)10(3)14(5)18(15,16)12-7-6-11(17-12)8-13-4/h6-7,9-10,13H,8H2,1-5H3. The molecule has 0 aliphatic rings. The van der Waals surface area contributed by atoms with E-state index in [4.69, 9.17) is 4.42 Å². The molecule has 0 fully saturated rings. The molecule has 0 spiro atoms. The fraction of sp³-hybridized carbons (Fsp3) is 0.667. The molecular weight excluding hydrogens is 252 g/mol. The molecule has 0 aliphatic carbocycles. The maximum absolute atomic E-state index is 12.3. The fourth-order valence-corrected chi connectivity index (χ4v) is 2.96. The maximum Gasteiger partial charge on any atom is 0.276 e. The molecule has 1 heterocycles. The molecule has 5 nitrogen and oxygen atoms in total. The summed E-state index contributed by atoms with van der Waals surface area (Å²) in [5, 5.41) is 2.92. The van der Waals surface area contributed by atoms with Crippen LogP contribution in [0.3, 0.4) is 0 Å². The molecule has 1 rings (SSSR count). The van der Waals surface area contributed by atoms with E-state index in [1.807, 2.05) is 20.8 Å². The van der Waals surface area contributed by atoms with E-state index in [9.17, 15) is 8.42 Å². The summed E-state index contributed by atoms with van der Waals surface area (Å²) < 4.78 is 31.3. The van der Waals surface area contributed by atoms with Crippen molar-refractivity contribution < 1.29 is 12.8 Å². The van der Waals surface area contributed by atoms with Crippen LogP contribution < -0.4 is 5.32 Å². The van der Waals surface area contributed by atoms with Crippen molar-refractivity contribution in [3.63, 3.8) is 0 Å². The lowest BCUT2D eigenvalue weighted by molar-refractivity contribution is 0.303. The van der Waals surface area contributed by atoms with Crippen LogP contribution in [0.2, 0.25) is 0 Å². The van der Waals surface area contributed by atoms with E-state index >= 15 is 0 Å². The van der Waals surface area contributed by atoms with E-state index in [-0.39, 0.29) is 17.1 Å². The van der Waals surface area contributed by atoms with Crippen LogP contribution in [0.25, 0.3) is 0 Å². The second kappa shape index (κ2) is 5.86. The van der Waals surface area contributed by atoms with Crippen molar-refractivity contribution in [2.75, 3.05) is 14.1 Å². The Hall–Kier alpha value is -0.850. The highest BCUT2D eigenvalue weighted by molar-refractivity contribution is 7.89. The first kappa shape index (κ1) is 15.2. The Bertz CT molecular complexity index is 479. The first-order chi connectivity index (χ1) is 8.30. The predicted octanol–water partition coefficient (Wildman–Crippen LogP) is 1.66. The van der Waals surface area contributed by atoms with Gasteiger partial charge < -0.3 is 9.73 Å². The monoisotopic (exact) mass is 274 g/mol. The summed E-state index contributed by atoms with van der Waals surface area (Å²) in [4.78, 5) is 0. The molecule has 1 unspecified atom stereocenters. The summed E-state index contributed by atoms with van der Waals surface area (Å²) in [6.07, 6.45) is 0. The van der Waals surface area contributed by atoms with Gasteiger partial charge in [0.25, 0.3) is 10.0 Å². The number of sulfonamides is 1. The van der Waals surface area contributed by atoms with Gasteiger partial charge in [0, 0.05) is 13.1 Å². The zero-order valence-electron chi connectivity index (χ0n) is 11.6. The normalized spacial score (nSPS) is 14.4. The van der Waals surface area contributed by atoms with Crippen LogP contribution in [0, 0.1) is 5.92 Å². The maximum atomic E-state index is 12.3. The second-order valence-corrected chi connectivity index (χ2v) is 6.69. The van der Waals surface area contributed by atoms with Gasteiger partial charge >= 0.3 is 0 Å². The van der Waals surface area contributed by atoms with E-state index in [2.05, 4.69) is 5.32 Å². The van der Waals surface area contributed by atoms with Crippen LogP contribution in [0.15, 0.2) is 21.6 Å². The number of rotatable bonds is 6. The van der Waals surface area contributed by atoms with E-state index in [1.54, 1.807) is 20.2 Å². The summed E-state index contributed by atoms with van der Waals surface area (Å²) in [6.45, 7) is 6.38. The minimum absolute atomic E-state index is 0.00255. The topological polar surface area (TPSA) is 62.6 Å². The molecule has 18 heavy (non-hydrogen) atoms. The van der Waals surface area contributed by atoms with Crippen LogP contribution in [0.4, 0.5) is 0 Å². The number of hydrogen-bond acceptors (Lipinski definition) is 4. The van der Waals surface area contributed by atoms with Crippen LogP contribution in [0.1, 0.15) is 26.5 Å². The number of furan rings is 1. The van der Waals surface area contributed by atoms with Gasteiger partial charge in [0.05, 0.1) is 6.54 Å². The molecule has 0 bridgehead atoms. The van der Waals surface area contributed by atoms with Gasteiger partial charge in [-0.1, -0.05) is 13.8 Å². The SMILES string of the molecule is CNCc1ccc(S(=O)(=O)N(C)C(C)C(C)C)o1. The van der Waals surface area contributed by atoms with Gasteiger partial charge in [-0.3, -0.25) is 0 Å². The quantitative estimate of drug-likeness (QED) is 0.857. The van der Waals surface area contributed by atoms with Gasteiger partial charge in [0.1, 0.15) is 5.76 Å².